The van der Waals surface area contributed by atoms with Crippen LogP contribution in [0.5, 0.6) is 0 Å². The number of ether oxygens (including phenoxy) is 1. The van der Waals surface area contributed by atoms with Gasteiger partial charge in [0.25, 0.3) is 11.8 Å². The number of rotatable bonds is 12. The number of pyridine rings is 2. The minimum absolute atomic E-state index is 0.0218. The van der Waals surface area contributed by atoms with E-state index in [9.17, 15) is 19.2 Å². The fraction of sp³-hybridized carbons (Fsp3) is 0.517. The zero-order valence-corrected chi connectivity index (χ0v) is 44.1. The molecule has 15 nitrogen and oxygen atoms in total. The summed E-state index contributed by atoms with van der Waals surface area (Å²) in [4.78, 5) is 67.0. The molecule has 0 bridgehead atoms. The smallest absolute Gasteiger partial charge is 0.413 e. The SMILES string of the molecule is Cn1c(CN2CCC(c3ccc(C(=O)N4CCC(CN5CCC(N6CCC(c7ccc(NC8CCC(=O)NC8=O)cc7F)CC6)C(F)(F)C5)CC4)cc3)CC2)cc2c(-c3ccc(NC(=O)OC(C)(C)C)nc3)ccnc21. The Morgan fingerprint density at radius 2 is 1.54 bits per heavy atom. The molecule has 8 heterocycles. The van der Waals surface area contributed by atoms with E-state index in [1.807, 2.05) is 65.9 Å². The number of likely N-dealkylation sites (tertiary alicyclic amines) is 4. The van der Waals surface area contributed by atoms with Gasteiger partial charge in [0.15, 0.2) is 0 Å². The molecule has 5 fully saturated rings. The highest BCUT2D eigenvalue weighted by molar-refractivity contribution is 6.01. The van der Waals surface area contributed by atoms with E-state index in [0.717, 1.165) is 67.5 Å². The molecule has 0 saturated carbocycles. The zero-order valence-electron chi connectivity index (χ0n) is 44.1. The van der Waals surface area contributed by atoms with Gasteiger partial charge in [-0.15, -0.1) is 0 Å². The highest BCUT2D eigenvalue weighted by atomic mass is 19.3. The standard InChI is InChI=1S/C58H71F3N10O5/c1-57(2,3)76-56(75)65-51-13-9-42(33-63-51)45-15-23-62-53-47(45)32-44(67(53)4)35-68-24-18-39(19-25-68)38-5-7-41(8-6-38)55(74)71-27-16-37(17-28-71)34-69-26-22-50(58(60,61)36-69)70-29-20-40(21-30-70)46-11-10-43(31-48(46)59)64-49-12-14-52(72)66-54(49)73/h5-11,13,15,23,31-33,37,39-40,49-50,64H,12,14,16-22,24-30,34-36H2,1-4H3,(H,63,65,75)(H,66,72,73). The molecule has 5 saturated heterocycles. The number of nitrogens with one attached hydrogen (secondary N) is 3. The van der Waals surface area contributed by atoms with E-state index in [0.29, 0.717) is 93.5 Å². The summed E-state index contributed by atoms with van der Waals surface area (Å²) in [5.74, 6) is -2.99. The van der Waals surface area contributed by atoms with Gasteiger partial charge in [-0.3, -0.25) is 39.7 Å². The van der Waals surface area contributed by atoms with Crippen LogP contribution in [-0.2, 0) is 27.9 Å². The fourth-order valence-corrected chi connectivity index (χ4v) is 12.2. The predicted octanol–water partition coefficient (Wildman–Crippen LogP) is 9.16. The second-order valence-corrected chi connectivity index (χ2v) is 22.8. The number of amides is 4. The molecule has 5 aliphatic rings. The van der Waals surface area contributed by atoms with Gasteiger partial charge in [-0.2, -0.15) is 0 Å². The first kappa shape index (κ1) is 53.0. The van der Waals surface area contributed by atoms with Crippen molar-refractivity contribution in [3.05, 3.63) is 107 Å². The molecule has 2 aromatic carbocycles. The molecule has 4 amide bonds. The number of alkyl halides is 2. The molecule has 3 N–H and O–H groups in total. The van der Waals surface area contributed by atoms with E-state index in [-0.39, 0.29) is 42.4 Å². The normalized spacial score (nSPS) is 21.9. The minimum Gasteiger partial charge on any atom is -0.444 e. The van der Waals surface area contributed by atoms with E-state index in [2.05, 4.69) is 55.6 Å². The summed E-state index contributed by atoms with van der Waals surface area (Å²) in [6.07, 6.45) is 8.72. The Labute approximate surface area is 442 Å². The third-order valence-electron chi connectivity index (χ3n) is 16.4. The van der Waals surface area contributed by atoms with Crippen molar-refractivity contribution in [3.63, 3.8) is 0 Å². The van der Waals surface area contributed by atoms with Crippen molar-refractivity contribution in [3.8, 4) is 11.1 Å². The van der Waals surface area contributed by atoms with Crippen LogP contribution < -0.4 is 16.0 Å². The summed E-state index contributed by atoms with van der Waals surface area (Å²) in [5, 5.41) is 9.06. The molecular weight excluding hydrogens is 974 g/mol. The molecule has 2 unspecified atom stereocenters. The van der Waals surface area contributed by atoms with Crippen LogP contribution in [0.1, 0.15) is 118 Å². The van der Waals surface area contributed by atoms with Gasteiger partial charge in [0.2, 0.25) is 11.8 Å². The molecule has 0 radical (unpaired) electrons. The monoisotopic (exact) mass is 1040 g/mol. The number of nitrogens with zero attached hydrogens (tertiary/aromatic N) is 7. The number of aryl methyl sites for hydroxylation is 1. The first-order chi connectivity index (χ1) is 36.4. The maximum absolute atomic E-state index is 15.9. The number of benzene rings is 2. The topological polar surface area (TPSA) is 157 Å². The van der Waals surface area contributed by atoms with Crippen molar-refractivity contribution in [2.45, 2.75) is 121 Å². The van der Waals surface area contributed by atoms with E-state index < -0.39 is 35.6 Å². The van der Waals surface area contributed by atoms with Crippen LogP contribution in [-0.4, -0.2) is 140 Å². The number of carbonyl (C=O) groups is 4. The first-order valence-corrected chi connectivity index (χ1v) is 27.2. The van der Waals surface area contributed by atoms with Gasteiger partial charge in [-0.1, -0.05) is 18.2 Å². The molecule has 404 valence electrons. The van der Waals surface area contributed by atoms with Gasteiger partial charge in [0, 0.05) is 86.5 Å². The summed E-state index contributed by atoms with van der Waals surface area (Å²) in [7, 11) is 2.06. The summed E-state index contributed by atoms with van der Waals surface area (Å²) < 4.78 is 54.7. The van der Waals surface area contributed by atoms with E-state index in [1.165, 1.54) is 17.3 Å². The molecule has 5 aliphatic heterocycles. The Balaban J connectivity index is 0.645. The number of hydrogen-bond donors (Lipinski definition) is 3. The molecular formula is C58H71F3N10O5. The maximum atomic E-state index is 15.9. The molecule has 0 aliphatic carbocycles. The number of carbonyl (C=O) groups excluding carboxylic acids is 4. The lowest BCUT2D eigenvalue weighted by atomic mass is 9.86. The molecule has 76 heavy (non-hydrogen) atoms. The first-order valence-electron chi connectivity index (χ1n) is 27.2. The van der Waals surface area contributed by atoms with Gasteiger partial charge in [-0.05, 0) is 181 Å². The Hall–Kier alpha value is -6.37. The Morgan fingerprint density at radius 1 is 0.816 bits per heavy atom. The van der Waals surface area contributed by atoms with Crippen LogP contribution in [0.25, 0.3) is 22.2 Å². The molecule has 10 rings (SSSR count). The van der Waals surface area contributed by atoms with Gasteiger partial charge >= 0.3 is 6.09 Å². The van der Waals surface area contributed by atoms with Crippen molar-refractivity contribution in [2.24, 2.45) is 13.0 Å². The summed E-state index contributed by atoms with van der Waals surface area (Å²) in [5.41, 5.74) is 6.36. The molecule has 5 aromatic rings. The van der Waals surface area contributed by atoms with E-state index in [1.54, 1.807) is 24.4 Å². The Bertz CT molecular complexity index is 2900. The minimum atomic E-state index is -2.87. The van der Waals surface area contributed by atoms with Crippen LogP contribution in [0, 0.1) is 11.7 Å². The van der Waals surface area contributed by atoms with Crippen molar-refractivity contribution in [2.75, 3.05) is 69.5 Å². The zero-order chi connectivity index (χ0) is 53.3. The third-order valence-corrected chi connectivity index (χ3v) is 16.4. The highest BCUT2D eigenvalue weighted by Crippen LogP contribution is 2.39. The van der Waals surface area contributed by atoms with E-state index >= 15 is 13.2 Å². The number of fused-ring (bicyclic) bond motifs is 1. The summed E-state index contributed by atoms with van der Waals surface area (Å²) in [6, 6.07) is 19.5. The van der Waals surface area contributed by atoms with Crippen LogP contribution >= 0.6 is 0 Å². The second kappa shape index (κ2) is 22.3. The van der Waals surface area contributed by atoms with Crippen LogP contribution in [0.4, 0.5) is 29.5 Å². The Kier molecular flexibility index (Phi) is 15.6. The number of halogens is 3. The number of anilines is 2. The largest absolute Gasteiger partial charge is 0.444 e. The van der Waals surface area contributed by atoms with Gasteiger partial charge in [0.05, 0.1) is 12.6 Å². The number of hydrogen-bond acceptors (Lipinski definition) is 11. The molecule has 0 spiro atoms. The second-order valence-electron chi connectivity index (χ2n) is 22.8. The van der Waals surface area contributed by atoms with Crippen LogP contribution in [0.2, 0.25) is 0 Å². The highest BCUT2D eigenvalue weighted by Gasteiger charge is 2.48. The Morgan fingerprint density at radius 3 is 2.21 bits per heavy atom. The van der Waals surface area contributed by atoms with Gasteiger partial charge in [-0.25, -0.2) is 27.9 Å². The molecule has 2 atom stereocenters. The fourth-order valence-electron chi connectivity index (χ4n) is 12.2. The van der Waals surface area contributed by atoms with Crippen molar-refractivity contribution >= 4 is 46.4 Å². The van der Waals surface area contributed by atoms with Crippen molar-refractivity contribution in [1.82, 2.24) is 39.5 Å². The maximum Gasteiger partial charge on any atom is 0.413 e. The quantitative estimate of drug-likeness (QED) is 0.102. The lowest BCUT2D eigenvalue weighted by Gasteiger charge is -2.46. The number of piperidine rings is 5. The lowest BCUT2D eigenvalue weighted by Crippen LogP contribution is -2.60. The van der Waals surface area contributed by atoms with Crippen LogP contribution in [0.3, 0.4) is 0 Å². The number of aromatic nitrogens is 3. The van der Waals surface area contributed by atoms with Crippen LogP contribution in [0.15, 0.2) is 79.1 Å². The summed E-state index contributed by atoms with van der Waals surface area (Å²) in [6.45, 7) is 11.2. The molecule has 3 aromatic heterocycles. The van der Waals surface area contributed by atoms with Crippen molar-refractivity contribution < 1.29 is 37.1 Å². The van der Waals surface area contributed by atoms with Gasteiger partial charge < -0.3 is 19.5 Å². The summed E-state index contributed by atoms with van der Waals surface area (Å²) >= 11 is 0. The molecule has 18 heteroatoms. The van der Waals surface area contributed by atoms with E-state index in [4.69, 9.17) is 9.72 Å². The van der Waals surface area contributed by atoms with Crippen molar-refractivity contribution in [1.29, 1.82) is 0 Å². The average Bonchev–Trinajstić information content (AvgIpc) is 3.71. The van der Waals surface area contributed by atoms with Gasteiger partial charge in [0.1, 0.15) is 28.9 Å². The predicted molar refractivity (Wildman–Crippen MR) is 286 cm³/mol. The lowest BCUT2D eigenvalue weighted by molar-refractivity contribution is -0.134. The number of imide groups is 1. The average molecular weight is 1050 g/mol. The third kappa shape index (κ3) is 12.2.